The minimum Gasteiger partial charge on any atom is -0.494 e. The van der Waals surface area contributed by atoms with Gasteiger partial charge in [-0.1, -0.05) is 12.1 Å². The maximum atomic E-state index is 11.1. The zero-order valence-corrected chi connectivity index (χ0v) is 16.5. The summed E-state index contributed by atoms with van der Waals surface area (Å²) in [5.74, 6) is 1.37. The van der Waals surface area contributed by atoms with Crippen LogP contribution in [0, 0.1) is 0 Å². The molecule has 0 radical (unpaired) electrons. The van der Waals surface area contributed by atoms with Gasteiger partial charge in [0.2, 0.25) is 0 Å². The number of benzene rings is 1. The summed E-state index contributed by atoms with van der Waals surface area (Å²) in [6, 6.07) is 7.98. The van der Waals surface area contributed by atoms with Crippen LogP contribution in [0.25, 0.3) is 0 Å². The zero-order chi connectivity index (χ0) is 16.4. The van der Waals surface area contributed by atoms with Crippen molar-refractivity contribution in [2.75, 3.05) is 34.4 Å². The van der Waals surface area contributed by atoms with Gasteiger partial charge >= 0.3 is 5.97 Å². The molecule has 0 spiro atoms. The average Bonchev–Trinajstić information content (AvgIpc) is 2.53. The third-order valence-electron chi connectivity index (χ3n) is 3.07. The van der Waals surface area contributed by atoms with Crippen LogP contribution in [0.5, 0.6) is 5.75 Å². The summed E-state index contributed by atoms with van der Waals surface area (Å²) < 4.78 is 10.0. The van der Waals surface area contributed by atoms with E-state index < -0.39 is 0 Å². The largest absolute Gasteiger partial charge is 0.494 e. The molecule has 130 valence electrons. The fourth-order valence-electron chi connectivity index (χ4n) is 1.97. The molecule has 0 unspecified atom stereocenters. The first-order valence-electron chi connectivity index (χ1n) is 7.31. The molecule has 1 aromatic rings. The molecular formula is C16H26IN3O3. The number of guanidine groups is 1. The van der Waals surface area contributed by atoms with Crippen LogP contribution in [0.1, 0.15) is 18.9 Å². The lowest BCUT2D eigenvalue weighted by molar-refractivity contribution is -0.140. The molecule has 6 nitrogen and oxygen atoms in total. The second-order valence-electron chi connectivity index (χ2n) is 4.73. The summed E-state index contributed by atoms with van der Waals surface area (Å²) >= 11 is 0. The molecule has 1 aromatic carbocycles. The van der Waals surface area contributed by atoms with Crippen molar-refractivity contribution in [1.82, 2.24) is 10.2 Å². The summed E-state index contributed by atoms with van der Waals surface area (Å²) in [7, 11) is 5.05. The van der Waals surface area contributed by atoms with Crippen LogP contribution < -0.4 is 10.1 Å². The molecule has 0 aliphatic heterocycles. The van der Waals surface area contributed by atoms with Gasteiger partial charge in [0.15, 0.2) is 5.96 Å². The van der Waals surface area contributed by atoms with Crippen LogP contribution in [0.4, 0.5) is 0 Å². The summed E-state index contributed by atoms with van der Waals surface area (Å²) in [6.07, 6.45) is 0.312. The third-order valence-corrected chi connectivity index (χ3v) is 3.07. The van der Waals surface area contributed by atoms with Crippen LogP contribution in [0.15, 0.2) is 29.3 Å². The van der Waals surface area contributed by atoms with Crippen LogP contribution >= 0.6 is 24.0 Å². The molecule has 0 amide bonds. The minimum atomic E-state index is -0.239. The van der Waals surface area contributed by atoms with Crippen LogP contribution in [-0.2, 0) is 16.1 Å². The maximum Gasteiger partial charge on any atom is 0.307 e. The van der Waals surface area contributed by atoms with Gasteiger partial charge in [-0.25, -0.2) is 0 Å². The molecular weight excluding hydrogens is 409 g/mol. The molecule has 7 heteroatoms. The number of rotatable bonds is 7. The summed E-state index contributed by atoms with van der Waals surface area (Å²) in [4.78, 5) is 17.3. The molecule has 1 N–H and O–H groups in total. The smallest absolute Gasteiger partial charge is 0.307 e. The minimum absolute atomic E-state index is 0. The Bertz CT molecular complexity index is 492. The van der Waals surface area contributed by atoms with E-state index in [2.05, 4.69) is 15.0 Å². The molecule has 0 heterocycles. The van der Waals surface area contributed by atoms with Gasteiger partial charge in [-0.15, -0.1) is 24.0 Å². The van der Waals surface area contributed by atoms with Gasteiger partial charge in [-0.05, 0) is 24.6 Å². The van der Waals surface area contributed by atoms with E-state index in [0.29, 0.717) is 26.1 Å². The van der Waals surface area contributed by atoms with Gasteiger partial charge in [0.25, 0.3) is 0 Å². The molecule has 0 saturated heterocycles. The number of aliphatic imine (C=N–C) groups is 1. The molecule has 0 bridgehead atoms. The van der Waals surface area contributed by atoms with Gasteiger partial charge < -0.3 is 19.7 Å². The van der Waals surface area contributed by atoms with Gasteiger partial charge in [0, 0.05) is 27.2 Å². The van der Waals surface area contributed by atoms with Crippen molar-refractivity contribution >= 4 is 35.9 Å². The van der Waals surface area contributed by atoms with E-state index in [9.17, 15) is 4.79 Å². The van der Waals surface area contributed by atoms with Crippen molar-refractivity contribution in [1.29, 1.82) is 0 Å². The monoisotopic (exact) mass is 435 g/mol. The first kappa shape index (κ1) is 21.5. The maximum absolute atomic E-state index is 11.1. The molecule has 0 atom stereocenters. The number of methoxy groups -OCH3 is 1. The van der Waals surface area contributed by atoms with Crippen molar-refractivity contribution in [3.8, 4) is 5.75 Å². The Labute approximate surface area is 155 Å². The van der Waals surface area contributed by atoms with Gasteiger partial charge in [-0.2, -0.15) is 0 Å². The van der Waals surface area contributed by atoms with E-state index in [1.165, 1.54) is 7.11 Å². The highest BCUT2D eigenvalue weighted by molar-refractivity contribution is 14.0. The highest BCUT2D eigenvalue weighted by Crippen LogP contribution is 2.13. The number of hydrogen-bond acceptors (Lipinski definition) is 4. The Balaban J connectivity index is 0.00000484. The van der Waals surface area contributed by atoms with Crippen molar-refractivity contribution < 1.29 is 14.3 Å². The quantitative estimate of drug-likeness (QED) is 0.308. The molecule has 0 aliphatic rings. The van der Waals surface area contributed by atoms with E-state index >= 15 is 0 Å². The lowest BCUT2D eigenvalue weighted by Gasteiger charge is -2.22. The number of carbonyl (C=O) groups is 1. The SMILES string of the molecule is CCOc1ccc(CN(C)C(=NC)NCCC(=O)OC)cc1.I. The number of ether oxygens (including phenoxy) is 2. The first-order chi connectivity index (χ1) is 10.6. The summed E-state index contributed by atoms with van der Waals surface area (Å²) in [5.41, 5.74) is 1.15. The van der Waals surface area contributed by atoms with Gasteiger partial charge in [-0.3, -0.25) is 9.79 Å². The molecule has 23 heavy (non-hydrogen) atoms. The summed E-state index contributed by atoms with van der Waals surface area (Å²) in [6.45, 7) is 3.83. The predicted molar refractivity (Wildman–Crippen MR) is 102 cm³/mol. The second kappa shape index (κ2) is 12.0. The number of esters is 1. The topological polar surface area (TPSA) is 63.2 Å². The number of hydrogen-bond donors (Lipinski definition) is 1. The van der Waals surface area contributed by atoms with Crippen LogP contribution in [0.2, 0.25) is 0 Å². The molecule has 0 fully saturated rings. The Morgan fingerprint density at radius 3 is 2.48 bits per heavy atom. The van der Waals surface area contributed by atoms with Crippen LogP contribution in [0.3, 0.4) is 0 Å². The highest BCUT2D eigenvalue weighted by Gasteiger charge is 2.08. The lowest BCUT2D eigenvalue weighted by Crippen LogP contribution is -2.39. The normalized spacial score (nSPS) is 10.5. The fraction of sp³-hybridized carbons (Fsp3) is 0.500. The number of carbonyl (C=O) groups excluding carboxylic acids is 1. The fourth-order valence-corrected chi connectivity index (χ4v) is 1.97. The van der Waals surface area contributed by atoms with Crippen molar-refractivity contribution in [2.24, 2.45) is 4.99 Å². The second-order valence-corrected chi connectivity index (χ2v) is 4.73. The van der Waals surface area contributed by atoms with E-state index in [1.54, 1.807) is 7.05 Å². The van der Waals surface area contributed by atoms with Crippen molar-refractivity contribution in [3.63, 3.8) is 0 Å². The predicted octanol–water partition coefficient (Wildman–Crippen LogP) is 2.27. The number of nitrogens with zero attached hydrogens (tertiary/aromatic N) is 2. The Morgan fingerprint density at radius 2 is 1.96 bits per heavy atom. The third kappa shape index (κ3) is 8.06. The lowest BCUT2D eigenvalue weighted by atomic mass is 10.2. The molecule has 1 rings (SSSR count). The Morgan fingerprint density at radius 1 is 1.30 bits per heavy atom. The van der Waals surface area contributed by atoms with E-state index in [0.717, 1.165) is 17.3 Å². The molecule has 0 saturated carbocycles. The average molecular weight is 435 g/mol. The van der Waals surface area contributed by atoms with E-state index in [-0.39, 0.29) is 29.9 Å². The Kier molecular flexibility index (Phi) is 11.2. The highest BCUT2D eigenvalue weighted by atomic mass is 127. The van der Waals surface area contributed by atoms with Crippen molar-refractivity contribution in [3.05, 3.63) is 29.8 Å². The first-order valence-corrected chi connectivity index (χ1v) is 7.31. The number of nitrogens with one attached hydrogen (secondary N) is 1. The van der Waals surface area contributed by atoms with E-state index in [4.69, 9.17) is 4.74 Å². The van der Waals surface area contributed by atoms with Gasteiger partial charge in [0.1, 0.15) is 5.75 Å². The van der Waals surface area contributed by atoms with Gasteiger partial charge in [0.05, 0.1) is 20.1 Å². The van der Waals surface area contributed by atoms with E-state index in [1.807, 2.05) is 43.1 Å². The zero-order valence-electron chi connectivity index (χ0n) is 14.2. The summed E-state index contributed by atoms with van der Waals surface area (Å²) in [5, 5.41) is 3.14. The Hall–Kier alpha value is -1.51. The van der Waals surface area contributed by atoms with Crippen molar-refractivity contribution in [2.45, 2.75) is 19.9 Å². The van der Waals surface area contributed by atoms with Crippen LogP contribution in [-0.4, -0.2) is 51.2 Å². The standard InChI is InChI=1S/C16H25N3O3.HI/c1-5-22-14-8-6-13(7-9-14)12-19(3)16(17-2)18-11-10-15(20)21-4;/h6-9H,5,10-12H2,1-4H3,(H,17,18);1H. The molecule has 0 aliphatic carbocycles. The molecule has 0 aromatic heterocycles. The number of halogens is 1.